The molecule has 0 saturated carbocycles. The number of carbonyl (C=O) groups is 1. The van der Waals surface area contributed by atoms with Gasteiger partial charge in [0.15, 0.2) is 0 Å². The van der Waals surface area contributed by atoms with Gasteiger partial charge in [-0.25, -0.2) is 0 Å². The third-order valence-electron chi connectivity index (χ3n) is 5.38. The van der Waals surface area contributed by atoms with E-state index in [1.807, 2.05) is 0 Å². The Balaban J connectivity index is 1.54. The van der Waals surface area contributed by atoms with Gasteiger partial charge in [0.25, 0.3) is 0 Å². The molecule has 23 heavy (non-hydrogen) atoms. The Bertz CT molecular complexity index is 539. The number of likely N-dealkylation sites (tertiary alicyclic amines) is 1. The van der Waals surface area contributed by atoms with Gasteiger partial charge in [0, 0.05) is 51.7 Å². The lowest BCUT2D eigenvalue weighted by molar-refractivity contribution is -0.130. The maximum Gasteiger partial charge on any atom is 0.223 e. The summed E-state index contributed by atoms with van der Waals surface area (Å²) < 4.78 is 0. The average molecular weight is 315 g/mol. The van der Waals surface area contributed by atoms with Gasteiger partial charge in [0.2, 0.25) is 5.91 Å². The van der Waals surface area contributed by atoms with Crippen LogP contribution in [0.15, 0.2) is 24.3 Å². The van der Waals surface area contributed by atoms with Crippen LogP contribution in [-0.2, 0) is 4.79 Å². The molecule has 1 amide bonds. The van der Waals surface area contributed by atoms with Crippen molar-refractivity contribution in [2.75, 3.05) is 39.3 Å². The third-order valence-corrected chi connectivity index (χ3v) is 5.38. The van der Waals surface area contributed by atoms with Gasteiger partial charge in [-0.05, 0) is 30.4 Å². The predicted octanol–water partition coefficient (Wildman–Crippen LogP) is 1.99. The van der Waals surface area contributed by atoms with Crippen molar-refractivity contribution >= 4 is 5.91 Å². The maximum atomic E-state index is 12.7. The zero-order chi connectivity index (χ0) is 16.2. The topological polar surface area (TPSA) is 35.6 Å². The summed E-state index contributed by atoms with van der Waals surface area (Å²) in [4.78, 5) is 17.3. The minimum Gasteiger partial charge on any atom is -0.341 e. The summed E-state index contributed by atoms with van der Waals surface area (Å²) in [5.74, 6) is 0.611. The Morgan fingerprint density at radius 1 is 1.26 bits per heavy atom. The minimum absolute atomic E-state index is 0.293. The van der Waals surface area contributed by atoms with E-state index in [4.69, 9.17) is 0 Å². The molecule has 126 valence electrons. The molecular weight excluding hydrogens is 286 g/mol. The highest BCUT2D eigenvalue weighted by Gasteiger charge is 2.31. The molecule has 2 aliphatic rings. The zero-order valence-electron chi connectivity index (χ0n) is 14.4. The molecule has 3 rings (SSSR count). The van der Waals surface area contributed by atoms with Crippen LogP contribution in [0.4, 0.5) is 0 Å². The summed E-state index contributed by atoms with van der Waals surface area (Å²) in [6, 6.07) is 8.98. The Morgan fingerprint density at radius 2 is 2.00 bits per heavy atom. The van der Waals surface area contributed by atoms with Crippen molar-refractivity contribution in [3.05, 3.63) is 35.4 Å². The van der Waals surface area contributed by atoms with Crippen molar-refractivity contribution in [2.24, 2.45) is 0 Å². The molecule has 0 bridgehead atoms. The highest BCUT2D eigenvalue weighted by atomic mass is 16.2. The van der Waals surface area contributed by atoms with Gasteiger partial charge >= 0.3 is 0 Å². The summed E-state index contributed by atoms with van der Waals surface area (Å²) in [5.41, 5.74) is 2.59. The highest BCUT2D eigenvalue weighted by Crippen LogP contribution is 2.25. The standard InChI is InChI=1S/C19H29N3O/c1-15-5-3-4-6-18(15)16(2)13-19(23)22-10-7-17(14-22)21-11-8-20-9-12-21/h3-6,16-17,20H,7-14H2,1-2H3. The molecule has 1 aromatic rings. The molecule has 4 heteroatoms. The van der Waals surface area contributed by atoms with Gasteiger partial charge in [0.1, 0.15) is 0 Å². The fourth-order valence-electron chi connectivity index (χ4n) is 3.95. The second kappa shape index (κ2) is 7.45. The smallest absolute Gasteiger partial charge is 0.223 e. The number of amides is 1. The summed E-state index contributed by atoms with van der Waals surface area (Å²) in [5, 5.41) is 3.40. The molecule has 2 unspecified atom stereocenters. The van der Waals surface area contributed by atoms with E-state index >= 15 is 0 Å². The van der Waals surface area contributed by atoms with Crippen LogP contribution in [0.3, 0.4) is 0 Å². The molecule has 2 saturated heterocycles. The number of carbonyl (C=O) groups excluding carboxylic acids is 1. The monoisotopic (exact) mass is 315 g/mol. The van der Waals surface area contributed by atoms with E-state index in [1.54, 1.807) is 0 Å². The van der Waals surface area contributed by atoms with Crippen LogP contribution in [0.1, 0.15) is 36.8 Å². The van der Waals surface area contributed by atoms with Gasteiger partial charge in [-0.15, -0.1) is 0 Å². The Kier molecular flexibility index (Phi) is 5.34. The second-order valence-corrected chi connectivity index (χ2v) is 7.03. The number of nitrogens with zero attached hydrogens (tertiary/aromatic N) is 2. The van der Waals surface area contributed by atoms with Crippen molar-refractivity contribution in [1.82, 2.24) is 15.1 Å². The molecule has 4 nitrogen and oxygen atoms in total. The molecule has 2 heterocycles. The number of aryl methyl sites for hydroxylation is 1. The number of benzene rings is 1. The molecule has 0 aliphatic carbocycles. The molecule has 0 spiro atoms. The number of nitrogens with one attached hydrogen (secondary N) is 1. The lowest BCUT2D eigenvalue weighted by Crippen LogP contribution is -2.49. The fraction of sp³-hybridized carbons (Fsp3) is 0.632. The molecule has 1 N–H and O–H groups in total. The van der Waals surface area contributed by atoms with Crippen molar-refractivity contribution in [2.45, 2.75) is 38.6 Å². The van der Waals surface area contributed by atoms with Gasteiger partial charge < -0.3 is 10.2 Å². The molecule has 2 atom stereocenters. The summed E-state index contributed by atoms with van der Waals surface area (Å²) >= 11 is 0. The third kappa shape index (κ3) is 3.93. The maximum absolute atomic E-state index is 12.7. The van der Waals surface area contributed by atoms with Crippen LogP contribution in [0.2, 0.25) is 0 Å². The van der Waals surface area contributed by atoms with Crippen molar-refractivity contribution in [3.63, 3.8) is 0 Å². The van der Waals surface area contributed by atoms with Gasteiger partial charge in [-0.2, -0.15) is 0 Å². The average Bonchev–Trinajstić information content (AvgIpc) is 3.06. The minimum atomic E-state index is 0.293. The van der Waals surface area contributed by atoms with Crippen LogP contribution in [0, 0.1) is 6.92 Å². The lowest BCUT2D eigenvalue weighted by Gasteiger charge is -2.32. The number of hydrogen-bond acceptors (Lipinski definition) is 3. The summed E-state index contributed by atoms with van der Waals surface area (Å²) in [7, 11) is 0. The quantitative estimate of drug-likeness (QED) is 0.923. The first kappa shape index (κ1) is 16.5. The molecule has 1 aromatic carbocycles. The van der Waals surface area contributed by atoms with E-state index < -0.39 is 0 Å². The van der Waals surface area contributed by atoms with Gasteiger partial charge in [-0.3, -0.25) is 9.69 Å². The van der Waals surface area contributed by atoms with Gasteiger partial charge in [0.05, 0.1) is 0 Å². The Hall–Kier alpha value is -1.39. The van der Waals surface area contributed by atoms with Crippen molar-refractivity contribution in [3.8, 4) is 0 Å². The molecular formula is C19H29N3O. The van der Waals surface area contributed by atoms with E-state index in [-0.39, 0.29) is 0 Å². The highest BCUT2D eigenvalue weighted by molar-refractivity contribution is 5.77. The van der Waals surface area contributed by atoms with Crippen LogP contribution in [0.25, 0.3) is 0 Å². The molecule has 2 fully saturated rings. The van der Waals surface area contributed by atoms with E-state index in [1.165, 1.54) is 11.1 Å². The first-order valence-corrected chi connectivity index (χ1v) is 8.93. The summed E-state index contributed by atoms with van der Waals surface area (Å²) in [6.45, 7) is 10.5. The predicted molar refractivity (Wildman–Crippen MR) is 93.6 cm³/mol. The Labute approximate surface area is 139 Å². The fourth-order valence-corrected chi connectivity index (χ4v) is 3.95. The van der Waals surface area contributed by atoms with E-state index in [0.29, 0.717) is 24.3 Å². The molecule has 0 aromatic heterocycles. The van der Waals surface area contributed by atoms with E-state index in [9.17, 15) is 4.79 Å². The van der Waals surface area contributed by atoms with Crippen LogP contribution >= 0.6 is 0 Å². The summed E-state index contributed by atoms with van der Waals surface area (Å²) in [6.07, 6.45) is 1.75. The van der Waals surface area contributed by atoms with Crippen LogP contribution in [0.5, 0.6) is 0 Å². The largest absolute Gasteiger partial charge is 0.341 e. The first-order valence-electron chi connectivity index (χ1n) is 8.93. The van der Waals surface area contributed by atoms with Crippen molar-refractivity contribution in [1.29, 1.82) is 0 Å². The number of hydrogen-bond donors (Lipinski definition) is 1. The van der Waals surface area contributed by atoms with Crippen molar-refractivity contribution < 1.29 is 4.79 Å². The number of piperazine rings is 1. The van der Waals surface area contributed by atoms with Gasteiger partial charge in [-0.1, -0.05) is 31.2 Å². The van der Waals surface area contributed by atoms with E-state index in [2.05, 4.69) is 53.2 Å². The zero-order valence-corrected chi connectivity index (χ0v) is 14.4. The first-order chi connectivity index (χ1) is 11.1. The van der Waals surface area contributed by atoms with Crippen LogP contribution < -0.4 is 5.32 Å². The molecule has 2 aliphatic heterocycles. The second-order valence-electron chi connectivity index (χ2n) is 7.03. The van der Waals surface area contributed by atoms with Crippen LogP contribution in [-0.4, -0.2) is 61.0 Å². The van der Waals surface area contributed by atoms with E-state index in [0.717, 1.165) is 45.7 Å². The number of rotatable bonds is 4. The lowest BCUT2D eigenvalue weighted by atomic mass is 9.93. The molecule has 0 radical (unpaired) electrons. The normalized spacial score (nSPS) is 23.9. The Morgan fingerprint density at radius 3 is 2.74 bits per heavy atom. The SMILES string of the molecule is Cc1ccccc1C(C)CC(=O)N1CCC(N2CCNCC2)C1.